The molecule has 0 amide bonds. The number of rotatable bonds is 2. The van der Waals surface area contributed by atoms with E-state index in [1.54, 1.807) is 6.07 Å². The Morgan fingerprint density at radius 2 is 2.00 bits per heavy atom. The van der Waals surface area contributed by atoms with Crippen LogP contribution in [0.3, 0.4) is 0 Å². The van der Waals surface area contributed by atoms with Crippen LogP contribution in [-0.4, -0.2) is 19.0 Å². The topological polar surface area (TPSA) is 27.0 Å². The largest absolute Gasteiger partial charge is 0.290 e. The number of hydrogen-bond acceptors (Lipinski definition) is 2. The Morgan fingerprint density at radius 3 is 2.46 bits per heavy atom. The van der Waals surface area contributed by atoms with E-state index in [4.69, 9.17) is 16.9 Å². The molecule has 0 N–H and O–H groups in total. The summed E-state index contributed by atoms with van der Waals surface area (Å²) in [6, 6.07) is 9.34. The Labute approximate surface area is 83.3 Å². The third-order valence-corrected chi connectivity index (χ3v) is 2.18. The summed E-state index contributed by atoms with van der Waals surface area (Å²) < 4.78 is 0. The molecule has 0 heterocycles. The fourth-order valence-electron chi connectivity index (χ4n) is 1.16. The zero-order valence-corrected chi connectivity index (χ0v) is 8.42. The number of halogens is 1. The molecule has 1 unspecified atom stereocenters. The van der Waals surface area contributed by atoms with Gasteiger partial charge in [-0.05, 0) is 20.2 Å². The molecule has 0 spiro atoms. The van der Waals surface area contributed by atoms with E-state index in [0.717, 1.165) is 5.56 Å². The van der Waals surface area contributed by atoms with Crippen LogP contribution < -0.4 is 0 Å². The highest BCUT2D eigenvalue weighted by atomic mass is 35.5. The van der Waals surface area contributed by atoms with E-state index in [1.807, 2.05) is 37.2 Å². The van der Waals surface area contributed by atoms with Gasteiger partial charge in [0.15, 0.2) is 0 Å². The molecule has 0 aromatic heterocycles. The highest BCUT2D eigenvalue weighted by molar-refractivity contribution is 6.31. The van der Waals surface area contributed by atoms with Crippen molar-refractivity contribution in [3.05, 3.63) is 34.9 Å². The fraction of sp³-hybridized carbons (Fsp3) is 0.300. The van der Waals surface area contributed by atoms with Crippen LogP contribution in [0.4, 0.5) is 0 Å². The van der Waals surface area contributed by atoms with Gasteiger partial charge in [0.25, 0.3) is 0 Å². The smallest absolute Gasteiger partial charge is 0.124 e. The Kier molecular flexibility index (Phi) is 3.30. The highest BCUT2D eigenvalue weighted by Crippen LogP contribution is 2.24. The van der Waals surface area contributed by atoms with Crippen molar-refractivity contribution in [1.82, 2.24) is 4.90 Å². The lowest BCUT2D eigenvalue weighted by Crippen LogP contribution is -2.18. The minimum absolute atomic E-state index is 0.270. The molecule has 3 heteroatoms. The second-order valence-electron chi connectivity index (χ2n) is 3.02. The van der Waals surface area contributed by atoms with Crippen molar-refractivity contribution in [2.24, 2.45) is 0 Å². The van der Waals surface area contributed by atoms with Gasteiger partial charge in [-0.1, -0.05) is 29.8 Å². The summed E-state index contributed by atoms with van der Waals surface area (Å²) in [6.45, 7) is 0. The maximum Gasteiger partial charge on any atom is 0.124 e. The Hall–Kier alpha value is -1.04. The van der Waals surface area contributed by atoms with Crippen LogP contribution in [0.2, 0.25) is 5.02 Å². The van der Waals surface area contributed by atoms with Crippen molar-refractivity contribution >= 4 is 11.6 Å². The van der Waals surface area contributed by atoms with Gasteiger partial charge in [-0.25, -0.2) is 0 Å². The quantitative estimate of drug-likeness (QED) is 0.723. The van der Waals surface area contributed by atoms with Crippen molar-refractivity contribution in [3.63, 3.8) is 0 Å². The fourth-order valence-corrected chi connectivity index (χ4v) is 1.40. The first-order valence-electron chi connectivity index (χ1n) is 3.97. The van der Waals surface area contributed by atoms with Gasteiger partial charge >= 0.3 is 0 Å². The minimum Gasteiger partial charge on any atom is -0.290 e. The summed E-state index contributed by atoms with van der Waals surface area (Å²) in [5.41, 5.74) is 0.858. The van der Waals surface area contributed by atoms with E-state index in [0.29, 0.717) is 5.02 Å². The summed E-state index contributed by atoms with van der Waals surface area (Å²) >= 11 is 5.96. The number of nitrogens with zero attached hydrogens (tertiary/aromatic N) is 2. The van der Waals surface area contributed by atoms with E-state index in [9.17, 15) is 0 Å². The SMILES string of the molecule is CN(C)C(C#N)c1ccccc1Cl. The lowest BCUT2D eigenvalue weighted by molar-refractivity contribution is 0.358. The van der Waals surface area contributed by atoms with Gasteiger partial charge in [0.1, 0.15) is 6.04 Å². The molecule has 1 aromatic rings. The van der Waals surface area contributed by atoms with E-state index in [1.165, 1.54) is 0 Å². The van der Waals surface area contributed by atoms with Crippen LogP contribution in [0.25, 0.3) is 0 Å². The van der Waals surface area contributed by atoms with Crippen molar-refractivity contribution in [2.75, 3.05) is 14.1 Å². The predicted octanol–water partition coefficient (Wildman–Crippen LogP) is 2.47. The van der Waals surface area contributed by atoms with Crippen LogP contribution in [0.15, 0.2) is 24.3 Å². The normalized spacial score (nSPS) is 12.5. The van der Waals surface area contributed by atoms with Gasteiger partial charge in [-0.3, -0.25) is 4.90 Å². The summed E-state index contributed by atoms with van der Waals surface area (Å²) in [6.07, 6.45) is 0. The molecular formula is C10H11ClN2. The first-order chi connectivity index (χ1) is 6.16. The van der Waals surface area contributed by atoms with E-state index < -0.39 is 0 Å². The van der Waals surface area contributed by atoms with Crippen LogP contribution in [-0.2, 0) is 0 Å². The van der Waals surface area contributed by atoms with Crippen LogP contribution in [0.1, 0.15) is 11.6 Å². The average molecular weight is 195 g/mol. The second-order valence-corrected chi connectivity index (χ2v) is 3.42. The number of hydrogen-bond donors (Lipinski definition) is 0. The molecule has 1 atom stereocenters. The second kappa shape index (κ2) is 4.27. The van der Waals surface area contributed by atoms with Crippen LogP contribution in [0.5, 0.6) is 0 Å². The third-order valence-electron chi connectivity index (χ3n) is 1.84. The molecule has 1 rings (SSSR count). The van der Waals surface area contributed by atoms with Gasteiger partial charge in [-0.2, -0.15) is 5.26 Å². The van der Waals surface area contributed by atoms with Gasteiger partial charge < -0.3 is 0 Å². The van der Waals surface area contributed by atoms with E-state index in [-0.39, 0.29) is 6.04 Å². The molecule has 0 radical (unpaired) electrons. The molecule has 1 aromatic carbocycles. The van der Waals surface area contributed by atoms with E-state index >= 15 is 0 Å². The zero-order valence-electron chi connectivity index (χ0n) is 7.66. The first kappa shape index (κ1) is 10.0. The van der Waals surface area contributed by atoms with Gasteiger partial charge in [0.05, 0.1) is 6.07 Å². The summed E-state index contributed by atoms with van der Waals surface area (Å²) in [5, 5.41) is 9.57. The molecule has 13 heavy (non-hydrogen) atoms. The molecule has 0 saturated carbocycles. The summed E-state index contributed by atoms with van der Waals surface area (Å²) in [4.78, 5) is 1.83. The van der Waals surface area contributed by atoms with Gasteiger partial charge in [-0.15, -0.1) is 0 Å². The molecule has 0 aliphatic heterocycles. The molecule has 0 aliphatic carbocycles. The maximum absolute atomic E-state index is 8.92. The van der Waals surface area contributed by atoms with Crippen molar-refractivity contribution in [2.45, 2.75) is 6.04 Å². The zero-order chi connectivity index (χ0) is 9.84. The molecular weight excluding hydrogens is 184 g/mol. The molecule has 68 valence electrons. The molecule has 0 bridgehead atoms. The predicted molar refractivity (Wildman–Crippen MR) is 53.5 cm³/mol. The molecule has 0 fully saturated rings. The molecule has 2 nitrogen and oxygen atoms in total. The molecule has 0 aliphatic rings. The Bertz CT molecular complexity index is 328. The molecule has 0 saturated heterocycles. The highest BCUT2D eigenvalue weighted by Gasteiger charge is 2.14. The minimum atomic E-state index is -0.270. The lowest BCUT2D eigenvalue weighted by atomic mass is 10.1. The van der Waals surface area contributed by atoms with E-state index in [2.05, 4.69) is 6.07 Å². The Morgan fingerprint density at radius 1 is 1.38 bits per heavy atom. The number of nitriles is 1. The monoisotopic (exact) mass is 194 g/mol. The van der Waals surface area contributed by atoms with Gasteiger partial charge in [0, 0.05) is 10.6 Å². The lowest BCUT2D eigenvalue weighted by Gasteiger charge is -2.18. The standard InChI is InChI=1S/C10H11ClN2/c1-13(2)10(7-12)8-5-3-4-6-9(8)11/h3-6,10H,1-2H3. The van der Waals surface area contributed by atoms with Crippen LogP contribution in [0, 0.1) is 11.3 Å². The van der Waals surface area contributed by atoms with Crippen molar-refractivity contribution in [1.29, 1.82) is 5.26 Å². The summed E-state index contributed by atoms with van der Waals surface area (Å²) in [5.74, 6) is 0. The van der Waals surface area contributed by atoms with Crippen molar-refractivity contribution < 1.29 is 0 Å². The average Bonchev–Trinajstić information content (AvgIpc) is 2.09. The van der Waals surface area contributed by atoms with Crippen LogP contribution >= 0.6 is 11.6 Å². The van der Waals surface area contributed by atoms with Gasteiger partial charge in [0.2, 0.25) is 0 Å². The maximum atomic E-state index is 8.92. The first-order valence-corrected chi connectivity index (χ1v) is 4.35. The number of benzene rings is 1. The third kappa shape index (κ3) is 2.21. The van der Waals surface area contributed by atoms with Crippen molar-refractivity contribution in [3.8, 4) is 6.07 Å². The Balaban J connectivity index is 3.07. The summed E-state index contributed by atoms with van der Waals surface area (Å²) in [7, 11) is 3.72.